The molecule has 1 saturated heterocycles. The average molecular weight is 451 g/mol. The van der Waals surface area contributed by atoms with Crippen molar-refractivity contribution in [1.82, 2.24) is 0 Å². The Bertz CT molecular complexity index is 864. The minimum Gasteiger partial charge on any atom is -0.490 e. The van der Waals surface area contributed by atoms with Crippen LogP contribution >= 0.6 is 0 Å². The van der Waals surface area contributed by atoms with Crippen LogP contribution < -0.4 is 4.74 Å². The van der Waals surface area contributed by atoms with Gasteiger partial charge >= 0.3 is 0 Å². The highest BCUT2D eigenvalue weighted by molar-refractivity contribution is 5.66. The van der Waals surface area contributed by atoms with E-state index in [4.69, 9.17) is 14.2 Å². The first-order valence-electron chi connectivity index (χ1n) is 11.7. The molecule has 0 aromatic heterocycles. The molecule has 2 aromatic rings. The first-order valence-corrected chi connectivity index (χ1v) is 11.7. The molecule has 176 valence electrons. The van der Waals surface area contributed by atoms with E-state index in [1.54, 1.807) is 6.07 Å². The summed E-state index contributed by atoms with van der Waals surface area (Å²) < 4.78 is 60.6. The summed E-state index contributed by atoms with van der Waals surface area (Å²) in [6.07, 6.45) is 6.65. The third-order valence-electron chi connectivity index (χ3n) is 5.80. The maximum absolute atomic E-state index is 14.9. The monoisotopic (exact) mass is 450 g/mol. The Balaban J connectivity index is 1.61. The highest BCUT2D eigenvalue weighted by Crippen LogP contribution is 2.35. The number of hydrogen-bond acceptors (Lipinski definition) is 3. The molecule has 1 fully saturated rings. The summed E-state index contributed by atoms with van der Waals surface area (Å²) in [5.41, 5.74) is 0.695. The number of unbranched alkanes of at least 4 members (excludes halogenated alkanes) is 3. The molecule has 0 spiro atoms. The molecule has 3 nitrogen and oxygen atoms in total. The summed E-state index contributed by atoms with van der Waals surface area (Å²) >= 11 is 0. The van der Waals surface area contributed by atoms with Crippen molar-refractivity contribution in [2.45, 2.75) is 71.0 Å². The van der Waals surface area contributed by atoms with Crippen LogP contribution in [0.2, 0.25) is 0 Å². The first kappa shape index (κ1) is 24.6. The molecule has 0 bridgehead atoms. The van der Waals surface area contributed by atoms with E-state index in [0.29, 0.717) is 19.6 Å². The van der Waals surface area contributed by atoms with Crippen LogP contribution in [0.25, 0.3) is 11.1 Å². The van der Waals surface area contributed by atoms with Crippen molar-refractivity contribution in [2.75, 3.05) is 19.8 Å². The Morgan fingerprint density at radius 2 is 1.69 bits per heavy atom. The average Bonchev–Trinajstić information content (AvgIpc) is 2.81. The number of hydrogen-bond donors (Lipinski definition) is 0. The van der Waals surface area contributed by atoms with Crippen LogP contribution in [-0.2, 0) is 9.47 Å². The minimum atomic E-state index is -1.11. The molecule has 2 aromatic carbocycles. The predicted octanol–water partition coefficient (Wildman–Crippen LogP) is 7.38. The third-order valence-corrected chi connectivity index (χ3v) is 5.80. The molecule has 2 unspecified atom stereocenters. The zero-order valence-corrected chi connectivity index (χ0v) is 19.0. The maximum atomic E-state index is 14.9. The Hall–Kier alpha value is -2.05. The molecule has 0 N–H and O–H groups in total. The van der Waals surface area contributed by atoms with E-state index in [9.17, 15) is 13.2 Å². The first-order chi connectivity index (χ1) is 15.5. The van der Waals surface area contributed by atoms with E-state index in [1.807, 2.05) is 6.92 Å². The molecule has 0 amide bonds. The van der Waals surface area contributed by atoms with E-state index < -0.39 is 17.5 Å². The smallest absolute Gasteiger partial charge is 0.201 e. The van der Waals surface area contributed by atoms with Gasteiger partial charge in [-0.25, -0.2) is 8.78 Å². The molecule has 0 saturated carbocycles. The van der Waals surface area contributed by atoms with Crippen LogP contribution in [0.15, 0.2) is 30.3 Å². The zero-order valence-electron chi connectivity index (χ0n) is 19.0. The van der Waals surface area contributed by atoms with Crippen molar-refractivity contribution in [3.05, 3.63) is 53.3 Å². The van der Waals surface area contributed by atoms with Gasteiger partial charge in [-0.15, -0.1) is 0 Å². The lowest BCUT2D eigenvalue weighted by Gasteiger charge is -2.29. The second-order valence-electron chi connectivity index (χ2n) is 8.30. The summed E-state index contributed by atoms with van der Waals surface area (Å²) in [5.74, 6) is -2.90. The highest BCUT2D eigenvalue weighted by atomic mass is 19.2. The molecular formula is C26H33F3O3. The van der Waals surface area contributed by atoms with E-state index in [2.05, 4.69) is 6.92 Å². The second-order valence-corrected chi connectivity index (χ2v) is 8.30. The number of halogens is 3. The number of rotatable bonds is 11. The van der Waals surface area contributed by atoms with Gasteiger partial charge in [-0.2, -0.15) is 4.39 Å². The Labute approximate surface area is 188 Å². The molecule has 3 rings (SSSR count). The fourth-order valence-corrected chi connectivity index (χ4v) is 3.93. The van der Waals surface area contributed by atoms with E-state index in [0.717, 1.165) is 31.2 Å². The van der Waals surface area contributed by atoms with Gasteiger partial charge < -0.3 is 14.2 Å². The van der Waals surface area contributed by atoms with Crippen LogP contribution in [0.1, 0.15) is 70.3 Å². The summed E-state index contributed by atoms with van der Waals surface area (Å²) in [6.45, 7) is 5.48. The lowest BCUT2D eigenvalue weighted by atomic mass is 9.91. The molecular weight excluding hydrogens is 417 g/mol. The summed E-state index contributed by atoms with van der Waals surface area (Å²) in [6, 6.07) is 7.36. The fourth-order valence-electron chi connectivity index (χ4n) is 3.93. The van der Waals surface area contributed by atoms with Gasteiger partial charge in [0.05, 0.1) is 13.2 Å². The van der Waals surface area contributed by atoms with E-state index >= 15 is 0 Å². The molecule has 1 aliphatic rings. The summed E-state index contributed by atoms with van der Waals surface area (Å²) in [5, 5.41) is 0. The lowest BCUT2D eigenvalue weighted by molar-refractivity contribution is -0.167. The van der Waals surface area contributed by atoms with Crippen LogP contribution in [0.3, 0.4) is 0 Å². The van der Waals surface area contributed by atoms with Gasteiger partial charge in [0, 0.05) is 23.7 Å². The van der Waals surface area contributed by atoms with Gasteiger partial charge in [0.25, 0.3) is 0 Å². The molecule has 32 heavy (non-hydrogen) atoms. The molecule has 0 radical (unpaired) electrons. The van der Waals surface area contributed by atoms with Crippen molar-refractivity contribution >= 4 is 0 Å². The van der Waals surface area contributed by atoms with Gasteiger partial charge in [0.15, 0.2) is 17.9 Å². The molecule has 2 atom stereocenters. The van der Waals surface area contributed by atoms with Crippen molar-refractivity contribution < 1.29 is 27.4 Å². The van der Waals surface area contributed by atoms with Crippen LogP contribution in [-0.4, -0.2) is 26.1 Å². The standard InChI is InChI=1S/C26H33F3O3/c1-3-5-6-7-15-31-24-13-9-19(17-32-24)18-8-10-20(22(27)16-18)21-11-12-23(30-14-4-2)26(29)25(21)28/h8,10-12,16,19,24H,3-7,9,13-15,17H2,1-2H3. The van der Waals surface area contributed by atoms with Crippen LogP contribution in [0.5, 0.6) is 5.75 Å². The molecule has 1 aliphatic heterocycles. The van der Waals surface area contributed by atoms with Gasteiger partial charge in [-0.3, -0.25) is 0 Å². The third kappa shape index (κ3) is 6.26. The number of ether oxygens (including phenoxy) is 3. The lowest BCUT2D eigenvalue weighted by Crippen LogP contribution is -2.27. The summed E-state index contributed by atoms with van der Waals surface area (Å²) in [7, 11) is 0. The van der Waals surface area contributed by atoms with E-state index in [1.165, 1.54) is 37.1 Å². The van der Waals surface area contributed by atoms with Crippen LogP contribution in [0, 0.1) is 17.5 Å². The molecule has 0 aliphatic carbocycles. The van der Waals surface area contributed by atoms with Crippen molar-refractivity contribution in [2.24, 2.45) is 0 Å². The van der Waals surface area contributed by atoms with Crippen molar-refractivity contribution in [3.63, 3.8) is 0 Å². The normalized spacial score (nSPS) is 18.7. The Morgan fingerprint density at radius 3 is 2.38 bits per heavy atom. The van der Waals surface area contributed by atoms with Gasteiger partial charge in [-0.1, -0.05) is 45.2 Å². The van der Waals surface area contributed by atoms with E-state index in [-0.39, 0.29) is 35.7 Å². The second kappa shape index (κ2) is 12.3. The SMILES string of the molecule is CCCCCCOC1CCC(c2ccc(-c3ccc(OCCC)c(F)c3F)c(F)c2)CO1. The highest BCUT2D eigenvalue weighted by Gasteiger charge is 2.25. The number of benzene rings is 2. The Kier molecular flexibility index (Phi) is 9.42. The van der Waals surface area contributed by atoms with Crippen molar-refractivity contribution in [3.8, 4) is 16.9 Å². The molecule has 1 heterocycles. The van der Waals surface area contributed by atoms with Crippen molar-refractivity contribution in [1.29, 1.82) is 0 Å². The fraction of sp³-hybridized carbons (Fsp3) is 0.538. The van der Waals surface area contributed by atoms with Gasteiger partial charge in [0.1, 0.15) is 5.82 Å². The van der Waals surface area contributed by atoms with Gasteiger partial charge in [0.2, 0.25) is 5.82 Å². The maximum Gasteiger partial charge on any atom is 0.201 e. The summed E-state index contributed by atoms with van der Waals surface area (Å²) in [4.78, 5) is 0. The largest absolute Gasteiger partial charge is 0.490 e. The zero-order chi connectivity index (χ0) is 22.9. The topological polar surface area (TPSA) is 27.7 Å². The Morgan fingerprint density at radius 1 is 0.875 bits per heavy atom. The van der Waals surface area contributed by atoms with Crippen LogP contribution in [0.4, 0.5) is 13.2 Å². The predicted molar refractivity (Wildman–Crippen MR) is 119 cm³/mol. The molecule has 6 heteroatoms. The minimum absolute atomic E-state index is 0.0252. The quantitative estimate of drug-likeness (QED) is 0.334. The van der Waals surface area contributed by atoms with Gasteiger partial charge in [-0.05, 0) is 49.4 Å².